The zero-order valence-corrected chi connectivity index (χ0v) is 15.7. The molecule has 0 saturated carbocycles. The predicted octanol–water partition coefficient (Wildman–Crippen LogP) is 1.94. The highest BCUT2D eigenvalue weighted by Crippen LogP contribution is 2.27. The number of hydrogen-bond donors (Lipinski definition) is 3. The molecule has 1 aliphatic rings. The van der Waals surface area contributed by atoms with Crippen LogP contribution in [0.4, 0.5) is 0 Å². The van der Waals surface area contributed by atoms with Gasteiger partial charge < -0.3 is 20.8 Å². The largest absolute Gasteiger partial charge is 0.454 e. The van der Waals surface area contributed by atoms with Crippen LogP contribution in [0, 0.1) is 0 Å². The number of carbonyl (C=O) groups excluding carboxylic acids is 1. The van der Waals surface area contributed by atoms with Gasteiger partial charge in [0.1, 0.15) is 5.76 Å². The molecule has 3 heterocycles. The number of thiophene rings is 1. The maximum atomic E-state index is 11.1. The first-order valence-electron chi connectivity index (χ1n) is 8.78. The number of likely N-dealkylation sites (tertiary alicyclic amines) is 1. The number of primary amides is 1. The Morgan fingerprint density at radius 2 is 2.15 bits per heavy atom. The summed E-state index contributed by atoms with van der Waals surface area (Å²) in [6.45, 7) is 3.49. The normalized spacial score (nSPS) is 16.6. The van der Waals surface area contributed by atoms with E-state index < -0.39 is 5.91 Å². The number of nitrogens with two attached hydrogens (primary N) is 1. The average molecular weight is 375 g/mol. The molecule has 0 bridgehead atoms. The molecular formula is C18H25N5O2S. The molecule has 1 fully saturated rings. The third kappa shape index (κ3) is 4.64. The summed E-state index contributed by atoms with van der Waals surface area (Å²) < 4.78 is 5.38. The van der Waals surface area contributed by atoms with Crippen molar-refractivity contribution in [2.75, 3.05) is 26.7 Å². The lowest BCUT2D eigenvalue weighted by atomic mass is 10.2. The number of nitrogens with one attached hydrogen (secondary N) is 2. The first kappa shape index (κ1) is 18.5. The number of nitrogens with zero attached hydrogens (tertiary/aromatic N) is 2. The van der Waals surface area contributed by atoms with Crippen LogP contribution in [0.5, 0.6) is 0 Å². The monoisotopic (exact) mass is 375 g/mol. The molecule has 1 atom stereocenters. The van der Waals surface area contributed by atoms with Gasteiger partial charge >= 0.3 is 0 Å². The number of aliphatic imine (C=N–C) groups is 1. The van der Waals surface area contributed by atoms with Gasteiger partial charge in [0.15, 0.2) is 11.7 Å². The first-order valence-corrected chi connectivity index (χ1v) is 9.66. The molecule has 2 aromatic rings. The quantitative estimate of drug-likeness (QED) is 0.508. The molecule has 1 aliphatic heterocycles. The molecule has 1 amide bonds. The number of hydrogen-bond acceptors (Lipinski definition) is 5. The van der Waals surface area contributed by atoms with Gasteiger partial charge in [0.05, 0.1) is 12.6 Å². The summed E-state index contributed by atoms with van der Waals surface area (Å²) in [6.07, 6.45) is 2.52. The highest BCUT2D eigenvalue weighted by atomic mass is 32.1. The van der Waals surface area contributed by atoms with Gasteiger partial charge in [0.25, 0.3) is 5.91 Å². The summed E-state index contributed by atoms with van der Waals surface area (Å²) in [5.41, 5.74) is 5.20. The van der Waals surface area contributed by atoms with Crippen molar-refractivity contribution < 1.29 is 9.21 Å². The maximum absolute atomic E-state index is 11.1. The molecule has 0 aromatic carbocycles. The van der Waals surface area contributed by atoms with Crippen molar-refractivity contribution in [3.05, 3.63) is 46.0 Å². The maximum Gasteiger partial charge on any atom is 0.284 e. The van der Waals surface area contributed by atoms with E-state index in [1.165, 1.54) is 17.7 Å². The average Bonchev–Trinajstić information content (AvgIpc) is 3.40. The number of guanidine groups is 1. The molecule has 0 aliphatic carbocycles. The zero-order valence-electron chi connectivity index (χ0n) is 14.9. The molecule has 140 valence electrons. The lowest BCUT2D eigenvalue weighted by Crippen LogP contribution is -2.42. The summed E-state index contributed by atoms with van der Waals surface area (Å²) in [4.78, 5) is 19.3. The standard InChI is InChI=1S/C18H25N5O2S/c1-20-18(21-11-13-6-7-15(25-13)17(19)24)22-12-14(16-5-4-10-26-16)23-8-2-3-9-23/h4-7,10,14H,2-3,8-9,11-12H2,1H3,(H2,19,24)(H2,20,21,22). The third-order valence-electron chi connectivity index (χ3n) is 4.47. The van der Waals surface area contributed by atoms with E-state index in [1.807, 2.05) is 0 Å². The summed E-state index contributed by atoms with van der Waals surface area (Å²) >= 11 is 1.79. The van der Waals surface area contributed by atoms with E-state index in [2.05, 4.69) is 38.0 Å². The molecular weight excluding hydrogens is 350 g/mol. The van der Waals surface area contributed by atoms with Crippen LogP contribution < -0.4 is 16.4 Å². The van der Waals surface area contributed by atoms with Crippen LogP contribution in [0.1, 0.15) is 40.1 Å². The minimum absolute atomic E-state index is 0.163. The van der Waals surface area contributed by atoms with Gasteiger partial charge in [0.2, 0.25) is 0 Å². The summed E-state index contributed by atoms with van der Waals surface area (Å²) in [5.74, 6) is 0.929. The smallest absolute Gasteiger partial charge is 0.284 e. The minimum Gasteiger partial charge on any atom is -0.454 e. The molecule has 26 heavy (non-hydrogen) atoms. The highest BCUT2D eigenvalue weighted by molar-refractivity contribution is 7.10. The van der Waals surface area contributed by atoms with E-state index in [0.717, 1.165) is 19.6 Å². The molecule has 3 rings (SSSR count). The Morgan fingerprint density at radius 3 is 2.77 bits per heavy atom. The summed E-state index contributed by atoms with van der Waals surface area (Å²) in [5, 5.41) is 8.74. The molecule has 8 heteroatoms. The second-order valence-electron chi connectivity index (χ2n) is 6.21. The van der Waals surface area contributed by atoms with Crippen molar-refractivity contribution in [2.45, 2.75) is 25.4 Å². The Labute approximate surface area is 157 Å². The van der Waals surface area contributed by atoms with Gasteiger partial charge in [0, 0.05) is 18.5 Å². The van der Waals surface area contributed by atoms with E-state index in [-0.39, 0.29) is 5.76 Å². The Morgan fingerprint density at radius 1 is 1.35 bits per heavy atom. The van der Waals surface area contributed by atoms with Crippen molar-refractivity contribution in [1.29, 1.82) is 0 Å². The van der Waals surface area contributed by atoms with E-state index >= 15 is 0 Å². The fourth-order valence-electron chi connectivity index (χ4n) is 3.13. The lowest BCUT2D eigenvalue weighted by Gasteiger charge is -2.27. The van der Waals surface area contributed by atoms with Gasteiger partial charge in [-0.15, -0.1) is 11.3 Å². The van der Waals surface area contributed by atoms with Gasteiger partial charge in [-0.2, -0.15) is 0 Å². The van der Waals surface area contributed by atoms with Crippen molar-refractivity contribution in [3.63, 3.8) is 0 Å². The van der Waals surface area contributed by atoms with Gasteiger partial charge in [-0.3, -0.25) is 14.7 Å². The Bertz CT molecular complexity index is 735. The SMILES string of the molecule is CN=C(NCc1ccc(C(N)=O)o1)NCC(c1cccs1)N1CCCC1. The Hall–Kier alpha value is -2.32. The summed E-state index contributed by atoms with van der Waals surface area (Å²) in [6, 6.07) is 7.96. The molecule has 0 radical (unpaired) electrons. The lowest BCUT2D eigenvalue weighted by molar-refractivity contribution is 0.0972. The van der Waals surface area contributed by atoms with Gasteiger partial charge in [-0.05, 0) is 49.5 Å². The highest BCUT2D eigenvalue weighted by Gasteiger charge is 2.24. The fraction of sp³-hybridized carbons (Fsp3) is 0.444. The molecule has 7 nitrogen and oxygen atoms in total. The van der Waals surface area contributed by atoms with Crippen LogP contribution in [0.15, 0.2) is 39.1 Å². The van der Waals surface area contributed by atoms with Crippen LogP contribution in [-0.4, -0.2) is 43.4 Å². The van der Waals surface area contributed by atoms with Crippen molar-refractivity contribution in [1.82, 2.24) is 15.5 Å². The number of rotatable bonds is 7. The molecule has 0 spiro atoms. The molecule has 4 N–H and O–H groups in total. The first-order chi connectivity index (χ1) is 12.7. The van der Waals surface area contributed by atoms with E-state index in [9.17, 15) is 4.79 Å². The topological polar surface area (TPSA) is 95.9 Å². The van der Waals surface area contributed by atoms with Crippen molar-refractivity contribution in [3.8, 4) is 0 Å². The molecule has 1 saturated heterocycles. The van der Waals surface area contributed by atoms with E-state index in [0.29, 0.717) is 24.3 Å². The van der Waals surface area contributed by atoms with Crippen molar-refractivity contribution in [2.24, 2.45) is 10.7 Å². The third-order valence-corrected chi connectivity index (χ3v) is 5.45. The van der Waals surface area contributed by atoms with Crippen LogP contribution in [0.25, 0.3) is 0 Å². The van der Waals surface area contributed by atoms with Crippen LogP contribution in [0.2, 0.25) is 0 Å². The predicted molar refractivity (Wildman–Crippen MR) is 103 cm³/mol. The minimum atomic E-state index is -0.567. The van der Waals surface area contributed by atoms with Crippen molar-refractivity contribution >= 4 is 23.2 Å². The van der Waals surface area contributed by atoms with Gasteiger partial charge in [-0.25, -0.2) is 0 Å². The fourth-order valence-corrected chi connectivity index (χ4v) is 3.99. The second-order valence-corrected chi connectivity index (χ2v) is 7.19. The van der Waals surface area contributed by atoms with Crippen LogP contribution >= 0.6 is 11.3 Å². The number of furan rings is 1. The van der Waals surface area contributed by atoms with E-state index in [1.54, 1.807) is 30.5 Å². The summed E-state index contributed by atoms with van der Waals surface area (Å²) in [7, 11) is 1.74. The number of carbonyl (C=O) groups is 1. The molecule has 1 unspecified atom stereocenters. The van der Waals surface area contributed by atoms with E-state index in [4.69, 9.17) is 10.2 Å². The van der Waals surface area contributed by atoms with Crippen LogP contribution in [0.3, 0.4) is 0 Å². The zero-order chi connectivity index (χ0) is 18.4. The Balaban J connectivity index is 1.55. The second kappa shape index (κ2) is 8.86. The Kier molecular flexibility index (Phi) is 6.30. The van der Waals surface area contributed by atoms with Crippen LogP contribution in [-0.2, 0) is 6.54 Å². The number of amides is 1. The van der Waals surface area contributed by atoms with Gasteiger partial charge in [-0.1, -0.05) is 6.07 Å². The molecule has 2 aromatic heterocycles.